The number of ether oxygens (including phenoxy) is 1. The maximum absolute atomic E-state index is 12.2. The van der Waals surface area contributed by atoms with Gasteiger partial charge in [-0.15, -0.1) is 10.2 Å². The maximum atomic E-state index is 12.2. The predicted molar refractivity (Wildman–Crippen MR) is 103 cm³/mol. The van der Waals surface area contributed by atoms with Crippen LogP contribution < -0.4 is 4.74 Å². The van der Waals surface area contributed by atoms with Gasteiger partial charge in [-0.2, -0.15) is 8.78 Å². The van der Waals surface area contributed by atoms with Crippen LogP contribution in [-0.2, 0) is 5.75 Å². The monoisotopic (exact) mass is 435 g/mol. The van der Waals surface area contributed by atoms with Crippen LogP contribution >= 0.6 is 23.4 Å². The van der Waals surface area contributed by atoms with Gasteiger partial charge in [0.15, 0.2) is 5.76 Å². The van der Waals surface area contributed by atoms with Gasteiger partial charge in [0, 0.05) is 16.1 Å². The number of hydrogen-bond acceptors (Lipinski definition) is 7. The third kappa shape index (κ3) is 4.93. The number of halogens is 3. The smallest absolute Gasteiger partial charge is 0.387 e. The lowest BCUT2D eigenvalue weighted by atomic mass is 10.2. The molecule has 2 aromatic heterocycles. The Morgan fingerprint density at radius 2 is 1.69 bits per heavy atom. The van der Waals surface area contributed by atoms with Crippen LogP contribution in [-0.4, -0.2) is 21.8 Å². The number of rotatable bonds is 7. The van der Waals surface area contributed by atoms with E-state index in [1.54, 1.807) is 30.5 Å². The molecule has 0 bridgehead atoms. The molecule has 0 N–H and O–H groups in total. The molecule has 0 aliphatic carbocycles. The Balaban J connectivity index is 1.38. The predicted octanol–water partition coefficient (Wildman–Crippen LogP) is 5.94. The number of oxazole rings is 1. The molecule has 0 unspecified atom stereocenters. The third-order valence-corrected chi connectivity index (χ3v) is 4.79. The van der Waals surface area contributed by atoms with Crippen LogP contribution in [0.15, 0.2) is 68.8 Å². The lowest BCUT2D eigenvalue weighted by Crippen LogP contribution is -2.01. The average molecular weight is 436 g/mol. The second-order valence-electron chi connectivity index (χ2n) is 5.69. The molecule has 0 spiro atoms. The summed E-state index contributed by atoms with van der Waals surface area (Å²) in [5, 5.41) is 8.90. The molecule has 0 aliphatic heterocycles. The minimum atomic E-state index is -2.87. The summed E-state index contributed by atoms with van der Waals surface area (Å²) in [6.45, 7) is -2.87. The van der Waals surface area contributed by atoms with Gasteiger partial charge in [-0.25, -0.2) is 4.98 Å². The van der Waals surface area contributed by atoms with Crippen molar-refractivity contribution in [3.8, 4) is 28.5 Å². The zero-order chi connectivity index (χ0) is 20.2. The van der Waals surface area contributed by atoms with E-state index in [9.17, 15) is 8.78 Å². The van der Waals surface area contributed by atoms with Gasteiger partial charge in [0.25, 0.3) is 5.22 Å². The summed E-state index contributed by atoms with van der Waals surface area (Å²) in [5.74, 6) is 1.86. The van der Waals surface area contributed by atoms with E-state index in [0.717, 1.165) is 5.56 Å². The Labute approximate surface area is 172 Å². The Bertz CT molecular complexity index is 1080. The summed E-state index contributed by atoms with van der Waals surface area (Å²) in [4.78, 5) is 4.24. The van der Waals surface area contributed by atoms with E-state index in [1.807, 2.05) is 12.1 Å². The molecular weight excluding hydrogens is 424 g/mol. The van der Waals surface area contributed by atoms with Gasteiger partial charge < -0.3 is 13.6 Å². The van der Waals surface area contributed by atoms with Crippen molar-refractivity contribution in [2.75, 3.05) is 0 Å². The van der Waals surface area contributed by atoms with Crippen molar-refractivity contribution in [3.63, 3.8) is 0 Å². The molecule has 148 valence electrons. The van der Waals surface area contributed by atoms with Crippen molar-refractivity contribution in [1.29, 1.82) is 0 Å². The highest BCUT2D eigenvalue weighted by atomic mass is 35.5. The largest absolute Gasteiger partial charge is 0.440 e. The van der Waals surface area contributed by atoms with Gasteiger partial charge in [0.05, 0.1) is 11.9 Å². The fourth-order valence-electron chi connectivity index (χ4n) is 2.41. The molecule has 0 saturated heterocycles. The number of nitrogens with zero attached hydrogens (tertiary/aromatic N) is 3. The van der Waals surface area contributed by atoms with Gasteiger partial charge in [0.1, 0.15) is 5.75 Å². The first-order valence-corrected chi connectivity index (χ1v) is 9.65. The van der Waals surface area contributed by atoms with Crippen molar-refractivity contribution >= 4 is 23.4 Å². The topological polar surface area (TPSA) is 74.2 Å². The van der Waals surface area contributed by atoms with Gasteiger partial charge >= 0.3 is 6.61 Å². The van der Waals surface area contributed by atoms with E-state index in [1.165, 1.54) is 23.9 Å². The van der Waals surface area contributed by atoms with Gasteiger partial charge in [-0.1, -0.05) is 23.4 Å². The molecule has 0 saturated carbocycles. The van der Waals surface area contributed by atoms with E-state index in [-0.39, 0.29) is 11.6 Å². The van der Waals surface area contributed by atoms with Crippen molar-refractivity contribution in [2.45, 2.75) is 17.6 Å². The fourth-order valence-corrected chi connectivity index (χ4v) is 3.15. The van der Waals surface area contributed by atoms with Gasteiger partial charge in [-0.3, -0.25) is 0 Å². The van der Waals surface area contributed by atoms with Crippen molar-refractivity contribution in [3.05, 3.63) is 65.6 Å². The number of alkyl halides is 2. The van der Waals surface area contributed by atoms with Gasteiger partial charge in [0.2, 0.25) is 11.8 Å². The molecule has 4 aromatic rings. The first-order valence-electron chi connectivity index (χ1n) is 8.29. The molecule has 0 radical (unpaired) electrons. The van der Waals surface area contributed by atoms with Crippen molar-refractivity contribution < 1.29 is 22.4 Å². The third-order valence-electron chi connectivity index (χ3n) is 3.73. The summed E-state index contributed by atoms with van der Waals surface area (Å²) in [5.41, 5.74) is 1.46. The highest BCUT2D eigenvalue weighted by Gasteiger charge is 2.13. The second kappa shape index (κ2) is 8.62. The molecule has 0 amide bonds. The normalized spacial score (nSPS) is 11.2. The quantitative estimate of drug-likeness (QED) is 0.332. The Kier molecular flexibility index (Phi) is 5.77. The highest BCUT2D eigenvalue weighted by molar-refractivity contribution is 7.98. The SMILES string of the molecule is FC(F)Oc1ccc(-c2nnc(SCc3ncc(-c4ccc(Cl)cc4)o3)o2)cc1. The molecule has 0 fully saturated rings. The van der Waals surface area contributed by atoms with Crippen LogP contribution in [0, 0.1) is 0 Å². The minimum absolute atomic E-state index is 0.0539. The summed E-state index contributed by atoms with van der Waals surface area (Å²) < 4.78 is 40.0. The zero-order valence-electron chi connectivity index (χ0n) is 14.6. The first-order chi connectivity index (χ1) is 14.1. The Hall–Kier alpha value is -2.91. The van der Waals surface area contributed by atoms with Crippen LogP contribution in [0.2, 0.25) is 5.02 Å². The molecular formula is C19H12ClF2N3O3S. The van der Waals surface area contributed by atoms with E-state index in [4.69, 9.17) is 20.4 Å². The van der Waals surface area contributed by atoms with Crippen LogP contribution in [0.25, 0.3) is 22.8 Å². The number of thioether (sulfide) groups is 1. The van der Waals surface area contributed by atoms with Crippen LogP contribution in [0.3, 0.4) is 0 Å². The molecule has 29 heavy (non-hydrogen) atoms. The summed E-state index contributed by atoms with van der Waals surface area (Å²) in [6, 6.07) is 13.2. The summed E-state index contributed by atoms with van der Waals surface area (Å²) in [7, 11) is 0. The summed E-state index contributed by atoms with van der Waals surface area (Å²) in [6.07, 6.45) is 1.64. The lowest BCUT2D eigenvalue weighted by Gasteiger charge is -2.03. The fraction of sp³-hybridized carbons (Fsp3) is 0.105. The number of hydrogen-bond donors (Lipinski definition) is 0. The van der Waals surface area contributed by atoms with Crippen LogP contribution in [0.5, 0.6) is 5.75 Å². The number of aromatic nitrogens is 3. The minimum Gasteiger partial charge on any atom is -0.440 e. The number of benzene rings is 2. The van der Waals surface area contributed by atoms with E-state index in [0.29, 0.717) is 33.2 Å². The molecule has 6 nitrogen and oxygen atoms in total. The highest BCUT2D eigenvalue weighted by Crippen LogP contribution is 2.28. The Morgan fingerprint density at radius 3 is 2.41 bits per heavy atom. The van der Waals surface area contributed by atoms with Crippen LogP contribution in [0.4, 0.5) is 8.78 Å². The lowest BCUT2D eigenvalue weighted by molar-refractivity contribution is -0.0498. The zero-order valence-corrected chi connectivity index (χ0v) is 16.2. The molecule has 4 rings (SSSR count). The van der Waals surface area contributed by atoms with Crippen molar-refractivity contribution in [1.82, 2.24) is 15.2 Å². The van der Waals surface area contributed by atoms with E-state index in [2.05, 4.69) is 19.9 Å². The maximum Gasteiger partial charge on any atom is 0.387 e. The van der Waals surface area contributed by atoms with Crippen LogP contribution in [0.1, 0.15) is 5.89 Å². The summed E-state index contributed by atoms with van der Waals surface area (Å²) >= 11 is 7.16. The molecule has 0 atom stereocenters. The van der Waals surface area contributed by atoms with E-state index < -0.39 is 6.61 Å². The van der Waals surface area contributed by atoms with Crippen molar-refractivity contribution in [2.24, 2.45) is 0 Å². The standard InChI is InChI=1S/C19H12ClF2N3O3S/c20-13-5-1-11(2-6-13)15-9-23-16(27-15)10-29-19-25-24-17(28-19)12-3-7-14(8-4-12)26-18(21)22/h1-9,18H,10H2. The second-order valence-corrected chi connectivity index (χ2v) is 7.05. The molecule has 2 aromatic carbocycles. The molecule has 0 aliphatic rings. The molecule has 10 heteroatoms. The van der Waals surface area contributed by atoms with E-state index >= 15 is 0 Å². The average Bonchev–Trinajstić information content (AvgIpc) is 3.37. The molecule has 2 heterocycles. The first kappa shape index (κ1) is 19.4. The van der Waals surface area contributed by atoms with Gasteiger partial charge in [-0.05, 0) is 48.5 Å². The Morgan fingerprint density at radius 1 is 0.966 bits per heavy atom.